The van der Waals surface area contributed by atoms with Gasteiger partial charge in [-0.05, 0) is 12.5 Å². The number of hydrogen-bond acceptors (Lipinski definition) is 3. The monoisotopic (exact) mass is 211 g/mol. The Hall–Kier alpha value is -0.510. The van der Waals surface area contributed by atoms with Gasteiger partial charge in [0.15, 0.2) is 0 Å². The second-order valence-electron chi connectivity index (χ2n) is 3.44. The lowest BCUT2D eigenvalue weighted by atomic mass is 10.2. The molecule has 0 amide bonds. The number of hydrogen-bond donors (Lipinski definition) is 2. The molecule has 0 saturated carbocycles. The molecule has 1 atom stereocenters. The number of nitrogens with two attached hydrogens (primary N) is 1. The molecule has 0 aliphatic heterocycles. The maximum absolute atomic E-state index is 8.73. The second kappa shape index (κ2) is 6.06. The molecule has 1 aromatic carbocycles. The average Bonchev–Trinajstić information content (AvgIpc) is 2.21. The van der Waals surface area contributed by atoms with Crippen molar-refractivity contribution >= 4 is 11.8 Å². The Morgan fingerprint density at radius 3 is 2.57 bits per heavy atom. The van der Waals surface area contributed by atoms with Gasteiger partial charge in [0.25, 0.3) is 0 Å². The summed E-state index contributed by atoms with van der Waals surface area (Å²) in [5.41, 5.74) is 8.18. The lowest BCUT2D eigenvalue weighted by molar-refractivity contribution is 0.275. The topological polar surface area (TPSA) is 46.2 Å². The van der Waals surface area contributed by atoms with E-state index in [1.807, 2.05) is 0 Å². The van der Waals surface area contributed by atoms with Gasteiger partial charge in [0.2, 0.25) is 0 Å². The molecular formula is C11H17NOS. The molecule has 0 bridgehead atoms. The maximum atomic E-state index is 8.73. The van der Waals surface area contributed by atoms with Crippen molar-refractivity contribution in [3.05, 3.63) is 35.4 Å². The molecule has 3 heteroatoms. The minimum absolute atomic E-state index is 0.0703. The fourth-order valence-electron chi connectivity index (χ4n) is 1.07. The Kier molecular flexibility index (Phi) is 5.01. The minimum atomic E-state index is -0.0922. The van der Waals surface area contributed by atoms with Crippen molar-refractivity contribution in [1.82, 2.24) is 0 Å². The van der Waals surface area contributed by atoms with Gasteiger partial charge in [-0.1, -0.05) is 29.8 Å². The number of benzene rings is 1. The predicted molar refractivity (Wildman–Crippen MR) is 62.4 cm³/mol. The van der Waals surface area contributed by atoms with Crippen LogP contribution in [0.2, 0.25) is 0 Å². The van der Waals surface area contributed by atoms with Crippen LogP contribution in [0.4, 0.5) is 0 Å². The molecule has 0 aliphatic rings. The number of aliphatic hydroxyl groups is 1. The lowest BCUT2D eigenvalue weighted by Gasteiger charge is -2.07. The van der Waals surface area contributed by atoms with Gasteiger partial charge in [0.1, 0.15) is 0 Å². The summed E-state index contributed by atoms with van der Waals surface area (Å²) in [6, 6.07) is 8.40. The Morgan fingerprint density at radius 1 is 1.36 bits per heavy atom. The van der Waals surface area contributed by atoms with Crippen molar-refractivity contribution in [2.75, 3.05) is 12.4 Å². The Labute approximate surface area is 89.5 Å². The van der Waals surface area contributed by atoms with Gasteiger partial charge in [0.05, 0.1) is 6.61 Å². The summed E-state index contributed by atoms with van der Waals surface area (Å²) in [5, 5.41) is 8.73. The van der Waals surface area contributed by atoms with E-state index in [4.69, 9.17) is 10.8 Å². The second-order valence-corrected chi connectivity index (χ2v) is 4.47. The van der Waals surface area contributed by atoms with E-state index in [0.717, 1.165) is 11.5 Å². The first-order valence-corrected chi connectivity index (χ1v) is 5.87. The molecule has 0 aromatic heterocycles. The first kappa shape index (κ1) is 11.6. The van der Waals surface area contributed by atoms with E-state index in [0.29, 0.717) is 0 Å². The molecule has 1 aromatic rings. The van der Waals surface area contributed by atoms with Crippen molar-refractivity contribution in [2.24, 2.45) is 5.73 Å². The normalized spacial score (nSPS) is 12.8. The summed E-state index contributed by atoms with van der Waals surface area (Å²) < 4.78 is 0. The van der Waals surface area contributed by atoms with E-state index >= 15 is 0 Å². The molecule has 14 heavy (non-hydrogen) atoms. The molecular weight excluding hydrogens is 194 g/mol. The van der Waals surface area contributed by atoms with Crippen molar-refractivity contribution in [1.29, 1.82) is 0 Å². The SMILES string of the molecule is Cc1ccc(CSC[C@H](N)CO)cc1. The van der Waals surface area contributed by atoms with Crippen molar-refractivity contribution in [3.8, 4) is 0 Å². The Balaban J connectivity index is 2.28. The van der Waals surface area contributed by atoms with Gasteiger partial charge in [-0.15, -0.1) is 0 Å². The molecule has 2 nitrogen and oxygen atoms in total. The third-order valence-electron chi connectivity index (χ3n) is 1.96. The molecule has 3 N–H and O–H groups in total. The number of thioether (sulfide) groups is 1. The highest BCUT2D eigenvalue weighted by molar-refractivity contribution is 7.98. The van der Waals surface area contributed by atoms with Crippen molar-refractivity contribution in [2.45, 2.75) is 18.7 Å². The van der Waals surface area contributed by atoms with Gasteiger partial charge < -0.3 is 10.8 Å². The molecule has 0 fully saturated rings. The van der Waals surface area contributed by atoms with Crippen LogP contribution in [0, 0.1) is 6.92 Å². The highest BCUT2D eigenvalue weighted by atomic mass is 32.2. The van der Waals surface area contributed by atoms with Crippen LogP contribution in [0.25, 0.3) is 0 Å². The van der Waals surface area contributed by atoms with E-state index in [1.165, 1.54) is 11.1 Å². The van der Waals surface area contributed by atoms with Crippen LogP contribution in [0.3, 0.4) is 0 Å². The zero-order chi connectivity index (χ0) is 10.4. The number of aryl methyl sites for hydroxylation is 1. The van der Waals surface area contributed by atoms with Crippen LogP contribution < -0.4 is 5.73 Å². The predicted octanol–water partition coefficient (Wildman–Crippen LogP) is 1.55. The number of rotatable bonds is 5. The van der Waals surface area contributed by atoms with Crippen LogP contribution in [-0.4, -0.2) is 23.5 Å². The summed E-state index contributed by atoms with van der Waals surface area (Å²) in [7, 11) is 0. The third kappa shape index (κ3) is 4.13. The van der Waals surface area contributed by atoms with Crippen LogP contribution in [0.1, 0.15) is 11.1 Å². The number of aliphatic hydroxyl groups excluding tert-OH is 1. The lowest BCUT2D eigenvalue weighted by Crippen LogP contribution is -2.26. The van der Waals surface area contributed by atoms with E-state index in [-0.39, 0.29) is 12.6 Å². The fraction of sp³-hybridized carbons (Fsp3) is 0.455. The van der Waals surface area contributed by atoms with E-state index < -0.39 is 0 Å². The van der Waals surface area contributed by atoms with Gasteiger partial charge in [-0.3, -0.25) is 0 Å². The molecule has 0 aliphatic carbocycles. The zero-order valence-corrected chi connectivity index (χ0v) is 9.26. The first-order chi connectivity index (χ1) is 6.72. The summed E-state index contributed by atoms with van der Waals surface area (Å²) >= 11 is 1.76. The van der Waals surface area contributed by atoms with Crippen molar-refractivity contribution < 1.29 is 5.11 Å². The fourth-order valence-corrected chi connectivity index (χ4v) is 2.02. The van der Waals surface area contributed by atoms with Gasteiger partial charge in [0, 0.05) is 17.5 Å². The molecule has 1 rings (SSSR count). The van der Waals surface area contributed by atoms with Gasteiger partial charge >= 0.3 is 0 Å². The van der Waals surface area contributed by atoms with Crippen LogP contribution in [0.15, 0.2) is 24.3 Å². The van der Waals surface area contributed by atoms with Gasteiger partial charge in [-0.2, -0.15) is 11.8 Å². The van der Waals surface area contributed by atoms with E-state index in [2.05, 4.69) is 31.2 Å². The highest BCUT2D eigenvalue weighted by Crippen LogP contribution is 2.13. The molecule has 78 valence electrons. The van der Waals surface area contributed by atoms with Gasteiger partial charge in [-0.25, -0.2) is 0 Å². The highest BCUT2D eigenvalue weighted by Gasteiger charge is 2.00. The molecule has 0 unspecified atom stereocenters. The average molecular weight is 211 g/mol. The van der Waals surface area contributed by atoms with Crippen LogP contribution >= 0.6 is 11.8 Å². The summed E-state index contributed by atoms with van der Waals surface area (Å²) in [4.78, 5) is 0. The quantitative estimate of drug-likeness (QED) is 0.776. The smallest absolute Gasteiger partial charge is 0.0590 e. The molecule has 0 heterocycles. The largest absolute Gasteiger partial charge is 0.395 e. The van der Waals surface area contributed by atoms with Crippen molar-refractivity contribution in [3.63, 3.8) is 0 Å². The summed E-state index contributed by atoms with van der Waals surface area (Å²) in [5.74, 6) is 1.78. The molecule has 0 spiro atoms. The molecule has 0 radical (unpaired) electrons. The Morgan fingerprint density at radius 2 is 2.00 bits per heavy atom. The summed E-state index contributed by atoms with van der Waals surface area (Å²) in [6.45, 7) is 2.15. The maximum Gasteiger partial charge on any atom is 0.0590 e. The zero-order valence-electron chi connectivity index (χ0n) is 8.44. The molecule has 0 saturated heterocycles. The van der Waals surface area contributed by atoms with Crippen LogP contribution in [0.5, 0.6) is 0 Å². The first-order valence-electron chi connectivity index (χ1n) is 4.72. The summed E-state index contributed by atoms with van der Waals surface area (Å²) in [6.07, 6.45) is 0. The third-order valence-corrected chi connectivity index (χ3v) is 3.16. The Bertz CT molecular complexity index is 260. The van der Waals surface area contributed by atoms with Crippen LogP contribution in [-0.2, 0) is 5.75 Å². The standard InChI is InChI=1S/C11H17NOS/c1-9-2-4-10(5-3-9)7-14-8-11(12)6-13/h2-5,11,13H,6-8,12H2,1H3/t11-/m1/s1. The van der Waals surface area contributed by atoms with E-state index in [1.54, 1.807) is 11.8 Å². The van der Waals surface area contributed by atoms with E-state index in [9.17, 15) is 0 Å². The minimum Gasteiger partial charge on any atom is -0.395 e.